The lowest BCUT2D eigenvalue weighted by atomic mass is 10.1. The molecular formula is C27H24FN3O5. The number of aromatic nitrogens is 2. The first-order chi connectivity index (χ1) is 17.4. The van der Waals surface area contributed by atoms with Crippen LogP contribution in [0, 0.1) is 5.82 Å². The zero-order chi connectivity index (χ0) is 25.7. The third-order valence-electron chi connectivity index (χ3n) is 5.83. The number of hydroxylamine groups is 1. The van der Waals surface area contributed by atoms with Crippen LogP contribution in [0.25, 0.3) is 17.0 Å². The van der Waals surface area contributed by atoms with Gasteiger partial charge in [0.2, 0.25) is 0 Å². The minimum atomic E-state index is -0.656. The van der Waals surface area contributed by atoms with Crippen LogP contribution in [0.5, 0.6) is 5.75 Å². The van der Waals surface area contributed by atoms with Gasteiger partial charge in [0.15, 0.2) is 0 Å². The molecule has 8 nitrogen and oxygen atoms in total. The Labute approximate surface area is 205 Å². The lowest BCUT2D eigenvalue weighted by Gasteiger charge is -2.15. The number of aryl methyl sites for hydroxylation is 1. The van der Waals surface area contributed by atoms with Crippen LogP contribution in [-0.2, 0) is 24.3 Å². The van der Waals surface area contributed by atoms with E-state index in [1.807, 2.05) is 24.3 Å². The quantitative estimate of drug-likeness (QED) is 0.225. The third kappa shape index (κ3) is 5.42. The predicted molar refractivity (Wildman–Crippen MR) is 134 cm³/mol. The van der Waals surface area contributed by atoms with E-state index in [1.54, 1.807) is 31.4 Å². The van der Waals surface area contributed by atoms with Gasteiger partial charge in [0, 0.05) is 12.6 Å². The van der Waals surface area contributed by atoms with Crippen LogP contribution in [0.4, 0.5) is 4.39 Å². The van der Waals surface area contributed by atoms with Gasteiger partial charge in [-0.25, -0.2) is 14.7 Å². The molecule has 9 heteroatoms. The van der Waals surface area contributed by atoms with Crippen molar-refractivity contribution in [2.45, 2.75) is 19.5 Å². The summed E-state index contributed by atoms with van der Waals surface area (Å²) < 4.78 is 21.8. The number of benzene rings is 3. The number of carbonyl (C=O) groups excluding carboxylic acids is 1. The van der Waals surface area contributed by atoms with Gasteiger partial charge in [-0.05, 0) is 59.5 Å². The molecule has 184 valence electrons. The van der Waals surface area contributed by atoms with Crippen LogP contribution in [0.1, 0.15) is 16.7 Å². The van der Waals surface area contributed by atoms with E-state index in [-0.39, 0.29) is 24.0 Å². The summed E-state index contributed by atoms with van der Waals surface area (Å²) in [5.74, 6) is -0.492. The van der Waals surface area contributed by atoms with Crippen LogP contribution in [0.2, 0.25) is 0 Å². The van der Waals surface area contributed by atoms with Gasteiger partial charge in [-0.3, -0.25) is 23.9 Å². The highest BCUT2D eigenvalue weighted by atomic mass is 19.1. The average Bonchev–Trinajstić information content (AvgIpc) is 2.90. The first-order valence-corrected chi connectivity index (χ1v) is 11.2. The Morgan fingerprint density at radius 1 is 1.00 bits per heavy atom. The molecule has 0 saturated heterocycles. The number of fused-ring (bicyclic) bond motifs is 1. The van der Waals surface area contributed by atoms with E-state index >= 15 is 0 Å². The Morgan fingerprint density at radius 2 is 1.69 bits per heavy atom. The first-order valence-electron chi connectivity index (χ1n) is 11.2. The zero-order valence-electron chi connectivity index (χ0n) is 19.5. The molecule has 0 atom stereocenters. The monoisotopic (exact) mass is 489 g/mol. The number of nitrogens with one attached hydrogen (secondary N) is 1. The molecule has 0 aliphatic carbocycles. The van der Waals surface area contributed by atoms with Gasteiger partial charge in [0.25, 0.3) is 11.5 Å². The summed E-state index contributed by atoms with van der Waals surface area (Å²) in [6.07, 6.45) is 3.15. The van der Waals surface area contributed by atoms with E-state index in [1.165, 1.54) is 45.0 Å². The Bertz CT molecular complexity index is 1540. The Morgan fingerprint density at radius 3 is 2.36 bits per heavy atom. The van der Waals surface area contributed by atoms with Crippen molar-refractivity contribution >= 4 is 22.9 Å². The Kier molecular flexibility index (Phi) is 7.41. The molecule has 36 heavy (non-hydrogen) atoms. The van der Waals surface area contributed by atoms with Gasteiger partial charge in [-0.1, -0.05) is 36.4 Å². The Balaban J connectivity index is 1.69. The molecule has 1 amide bonds. The van der Waals surface area contributed by atoms with E-state index < -0.39 is 23.0 Å². The number of amides is 1. The summed E-state index contributed by atoms with van der Waals surface area (Å²) in [5.41, 5.74) is 3.11. The minimum Gasteiger partial charge on any atom is -0.497 e. The molecule has 0 unspecified atom stereocenters. The van der Waals surface area contributed by atoms with Crippen molar-refractivity contribution in [3.8, 4) is 5.75 Å². The van der Waals surface area contributed by atoms with Crippen molar-refractivity contribution in [1.29, 1.82) is 0 Å². The molecule has 0 bridgehead atoms. The molecule has 0 aliphatic heterocycles. The number of methoxy groups -OCH3 is 1. The highest BCUT2D eigenvalue weighted by Gasteiger charge is 2.14. The SMILES string of the molecule is COc1ccc(CCn2c(=O)c3ccc(F)cc3n(Cc3ccc(/C=C/C(=O)NO)cc3)c2=O)cc1. The molecule has 1 aromatic heterocycles. The summed E-state index contributed by atoms with van der Waals surface area (Å²) in [6, 6.07) is 18.2. The smallest absolute Gasteiger partial charge is 0.331 e. The number of carbonyl (C=O) groups is 1. The van der Waals surface area contributed by atoms with Crippen molar-refractivity contribution in [2.24, 2.45) is 0 Å². The van der Waals surface area contributed by atoms with Gasteiger partial charge in [-0.2, -0.15) is 0 Å². The number of hydrogen-bond acceptors (Lipinski definition) is 5. The third-order valence-corrected chi connectivity index (χ3v) is 5.83. The van der Waals surface area contributed by atoms with Crippen molar-refractivity contribution in [3.05, 3.63) is 116 Å². The molecule has 0 fully saturated rings. The fourth-order valence-corrected chi connectivity index (χ4v) is 3.90. The number of halogens is 1. The summed E-state index contributed by atoms with van der Waals surface area (Å²) in [5, 5.41) is 8.83. The van der Waals surface area contributed by atoms with Crippen LogP contribution in [0.15, 0.2) is 82.4 Å². The van der Waals surface area contributed by atoms with Gasteiger partial charge < -0.3 is 4.74 Å². The average molecular weight is 490 g/mol. The number of nitrogens with zero attached hydrogens (tertiary/aromatic N) is 2. The highest BCUT2D eigenvalue weighted by molar-refractivity contribution is 5.90. The number of hydrogen-bond donors (Lipinski definition) is 2. The van der Waals surface area contributed by atoms with E-state index in [2.05, 4.69) is 0 Å². The summed E-state index contributed by atoms with van der Waals surface area (Å²) in [4.78, 5) is 37.7. The normalized spacial score (nSPS) is 11.2. The van der Waals surface area contributed by atoms with E-state index in [0.29, 0.717) is 17.7 Å². The fourth-order valence-electron chi connectivity index (χ4n) is 3.90. The molecule has 0 radical (unpaired) electrons. The molecule has 0 aliphatic rings. The second-order valence-corrected chi connectivity index (χ2v) is 8.14. The van der Waals surface area contributed by atoms with Crippen LogP contribution >= 0.6 is 0 Å². The molecule has 0 spiro atoms. The van der Waals surface area contributed by atoms with Crippen molar-refractivity contribution in [2.75, 3.05) is 7.11 Å². The second-order valence-electron chi connectivity index (χ2n) is 8.14. The lowest BCUT2D eigenvalue weighted by molar-refractivity contribution is -0.124. The molecule has 2 N–H and O–H groups in total. The predicted octanol–water partition coefficient (Wildman–Crippen LogP) is 3.12. The van der Waals surface area contributed by atoms with Crippen LogP contribution in [-0.4, -0.2) is 27.4 Å². The minimum absolute atomic E-state index is 0.114. The summed E-state index contributed by atoms with van der Waals surface area (Å²) in [7, 11) is 1.58. The van der Waals surface area contributed by atoms with Gasteiger partial charge >= 0.3 is 5.69 Å². The lowest BCUT2D eigenvalue weighted by Crippen LogP contribution is -2.40. The van der Waals surface area contributed by atoms with E-state index in [0.717, 1.165) is 11.1 Å². The van der Waals surface area contributed by atoms with Crippen molar-refractivity contribution < 1.29 is 19.1 Å². The maximum Gasteiger partial charge on any atom is 0.331 e. The van der Waals surface area contributed by atoms with Gasteiger partial charge in [0.05, 0.1) is 24.6 Å². The fraction of sp³-hybridized carbons (Fsp3) is 0.148. The summed E-state index contributed by atoms with van der Waals surface area (Å²) >= 11 is 0. The maximum atomic E-state index is 14.1. The van der Waals surface area contributed by atoms with E-state index in [9.17, 15) is 18.8 Å². The molecule has 1 heterocycles. The highest BCUT2D eigenvalue weighted by Crippen LogP contribution is 2.15. The van der Waals surface area contributed by atoms with Gasteiger partial charge in [0.1, 0.15) is 11.6 Å². The zero-order valence-corrected chi connectivity index (χ0v) is 19.5. The molecule has 4 rings (SSSR count). The summed E-state index contributed by atoms with van der Waals surface area (Å²) in [6.45, 7) is 0.274. The van der Waals surface area contributed by atoms with Crippen LogP contribution < -0.4 is 21.5 Å². The topological polar surface area (TPSA) is 103 Å². The van der Waals surface area contributed by atoms with Crippen molar-refractivity contribution in [3.63, 3.8) is 0 Å². The molecule has 4 aromatic rings. The van der Waals surface area contributed by atoms with E-state index in [4.69, 9.17) is 9.94 Å². The molecular weight excluding hydrogens is 465 g/mol. The van der Waals surface area contributed by atoms with Crippen LogP contribution in [0.3, 0.4) is 0 Å². The Hall–Kier alpha value is -4.50. The second kappa shape index (κ2) is 10.8. The molecule has 3 aromatic carbocycles. The molecule has 0 saturated carbocycles. The standard InChI is InChI=1S/C27H24FN3O5/c1-36-22-10-6-19(7-11-22)14-15-30-26(33)23-12-9-21(28)16-24(23)31(27(30)34)17-20-4-2-18(3-5-20)8-13-25(32)29-35/h2-13,16,35H,14-15,17H2,1H3,(H,29,32)/b13-8+. The number of rotatable bonds is 8. The largest absolute Gasteiger partial charge is 0.497 e. The van der Waals surface area contributed by atoms with Gasteiger partial charge in [-0.15, -0.1) is 0 Å². The van der Waals surface area contributed by atoms with Crippen molar-refractivity contribution in [1.82, 2.24) is 14.6 Å². The number of ether oxygens (including phenoxy) is 1. The maximum absolute atomic E-state index is 14.1. The first kappa shape index (κ1) is 24.6.